The van der Waals surface area contributed by atoms with E-state index in [9.17, 15) is 0 Å². The summed E-state index contributed by atoms with van der Waals surface area (Å²) in [5, 5.41) is 0. The maximum absolute atomic E-state index is 5.52. The molecule has 3 nitrogen and oxygen atoms in total. The van der Waals surface area contributed by atoms with Crippen molar-refractivity contribution in [3.05, 3.63) is 30.1 Å². The van der Waals surface area contributed by atoms with Gasteiger partial charge >= 0.3 is 0 Å². The molecule has 0 saturated heterocycles. The Morgan fingerprint density at radius 2 is 2.14 bits per heavy atom. The minimum atomic E-state index is 0.503. The lowest BCUT2D eigenvalue weighted by atomic mass is 10.0. The number of nitrogens with two attached hydrogens (primary N) is 1. The summed E-state index contributed by atoms with van der Waals surface area (Å²) in [6.45, 7) is 0. The molecule has 0 bridgehead atoms. The van der Waals surface area contributed by atoms with E-state index in [1.54, 1.807) is 0 Å². The molecule has 0 aromatic carbocycles. The average Bonchev–Trinajstić information content (AvgIpc) is 3.05. The van der Waals surface area contributed by atoms with Gasteiger partial charge in [0.15, 0.2) is 0 Å². The molecular weight excluding hydrogens is 174 g/mol. The molecule has 14 heavy (non-hydrogen) atoms. The smallest absolute Gasteiger partial charge is 0.0270 e. The lowest BCUT2D eigenvalue weighted by Gasteiger charge is -2.14. The molecule has 1 aliphatic carbocycles. The number of hydrogen-bond acceptors (Lipinski definition) is 3. The first-order chi connectivity index (χ1) is 6.90. The molecule has 1 aliphatic rings. The Morgan fingerprint density at radius 3 is 2.71 bits per heavy atom. The number of rotatable bonds is 5. The van der Waals surface area contributed by atoms with Crippen molar-refractivity contribution >= 4 is 0 Å². The van der Waals surface area contributed by atoms with Crippen LogP contribution in [0.15, 0.2) is 24.5 Å². The fourth-order valence-electron chi connectivity index (χ4n) is 1.83. The Bertz CT molecular complexity index is 269. The average molecular weight is 191 g/mol. The summed E-state index contributed by atoms with van der Waals surface area (Å²) in [6.07, 6.45) is 8.59. The highest BCUT2D eigenvalue weighted by atomic mass is 15.2. The fraction of sp³-hybridized carbons (Fsp3) is 0.545. The van der Waals surface area contributed by atoms with E-state index in [1.807, 2.05) is 12.4 Å². The van der Waals surface area contributed by atoms with Crippen molar-refractivity contribution in [1.82, 2.24) is 10.4 Å². The summed E-state index contributed by atoms with van der Waals surface area (Å²) >= 11 is 0. The fourth-order valence-corrected chi connectivity index (χ4v) is 1.83. The van der Waals surface area contributed by atoms with Crippen LogP contribution in [0.2, 0.25) is 0 Å². The van der Waals surface area contributed by atoms with Crippen LogP contribution in [0.4, 0.5) is 0 Å². The Labute approximate surface area is 84.7 Å². The number of hydrogen-bond donors (Lipinski definition) is 2. The van der Waals surface area contributed by atoms with Crippen LogP contribution in [-0.2, 0) is 6.42 Å². The zero-order valence-electron chi connectivity index (χ0n) is 8.32. The Balaban J connectivity index is 1.81. The Kier molecular flexibility index (Phi) is 3.11. The number of nitrogens with one attached hydrogen (secondary N) is 1. The lowest BCUT2D eigenvalue weighted by Crippen LogP contribution is -2.37. The van der Waals surface area contributed by atoms with Crippen molar-refractivity contribution in [3.8, 4) is 0 Å². The molecular formula is C11H17N3. The normalized spacial score (nSPS) is 18.1. The van der Waals surface area contributed by atoms with Crippen LogP contribution < -0.4 is 11.3 Å². The maximum atomic E-state index is 5.52. The van der Waals surface area contributed by atoms with Crippen molar-refractivity contribution in [2.24, 2.45) is 11.8 Å². The van der Waals surface area contributed by atoms with E-state index < -0.39 is 0 Å². The van der Waals surface area contributed by atoms with Crippen LogP contribution in [0.5, 0.6) is 0 Å². The number of aromatic nitrogens is 1. The quantitative estimate of drug-likeness (QED) is 0.544. The van der Waals surface area contributed by atoms with Gasteiger partial charge in [0.05, 0.1) is 0 Å². The molecule has 2 rings (SSSR count). The third kappa shape index (κ3) is 2.53. The highest BCUT2D eigenvalue weighted by Crippen LogP contribution is 2.34. The summed E-state index contributed by atoms with van der Waals surface area (Å²) in [4.78, 5) is 4.00. The molecule has 3 heteroatoms. The Morgan fingerprint density at radius 1 is 1.43 bits per heavy atom. The third-order valence-corrected chi connectivity index (χ3v) is 2.90. The molecule has 1 aromatic heterocycles. The molecule has 1 aromatic rings. The van der Waals surface area contributed by atoms with E-state index >= 15 is 0 Å². The number of pyridine rings is 1. The van der Waals surface area contributed by atoms with E-state index in [0.29, 0.717) is 6.04 Å². The van der Waals surface area contributed by atoms with Crippen molar-refractivity contribution in [2.75, 3.05) is 0 Å². The second-order valence-corrected chi connectivity index (χ2v) is 4.00. The van der Waals surface area contributed by atoms with E-state index in [-0.39, 0.29) is 0 Å². The van der Waals surface area contributed by atoms with E-state index in [1.165, 1.54) is 18.4 Å². The molecule has 0 spiro atoms. The highest BCUT2D eigenvalue weighted by molar-refractivity contribution is 5.10. The first kappa shape index (κ1) is 9.62. The van der Waals surface area contributed by atoms with Crippen molar-refractivity contribution < 1.29 is 0 Å². The van der Waals surface area contributed by atoms with E-state index in [4.69, 9.17) is 5.84 Å². The van der Waals surface area contributed by atoms with Crippen LogP contribution in [0.25, 0.3) is 0 Å². The molecule has 1 fully saturated rings. The molecule has 3 N–H and O–H groups in total. The molecule has 0 amide bonds. The third-order valence-electron chi connectivity index (χ3n) is 2.90. The van der Waals surface area contributed by atoms with Crippen molar-refractivity contribution in [3.63, 3.8) is 0 Å². The topological polar surface area (TPSA) is 50.9 Å². The minimum Gasteiger partial charge on any atom is -0.271 e. The van der Waals surface area contributed by atoms with Gasteiger partial charge in [0.25, 0.3) is 0 Å². The molecule has 1 unspecified atom stereocenters. The predicted molar refractivity (Wildman–Crippen MR) is 56.4 cm³/mol. The van der Waals surface area contributed by atoms with Gasteiger partial charge in [-0.1, -0.05) is 0 Å². The van der Waals surface area contributed by atoms with Gasteiger partial charge in [-0.05, 0) is 49.3 Å². The number of hydrazine groups is 1. The van der Waals surface area contributed by atoms with Crippen molar-refractivity contribution in [1.29, 1.82) is 0 Å². The van der Waals surface area contributed by atoms with Gasteiger partial charge < -0.3 is 0 Å². The standard InChI is InChI=1S/C11H17N3/c12-14-11(10-2-3-10)4-1-9-5-7-13-8-6-9/h5-8,10-11,14H,1-4,12H2. The van der Waals surface area contributed by atoms with E-state index in [0.717, 1.165) is 18.8 Å². The first-order valence-corrected chi connectivity index (χ1v) is 5.25. The Hall–Kier alpha value is -0.930. The van der Waals surface area contributed by atoms with Gasteiger partial charge in [0.2, 0.25) is 0 Å². The summed E-state index contributed by atoms with van der Waals surface area (Å²) in [5.41, 5.74) is 4.27. The summed E-state index contributed by atoms with van der Waals surface area (Å²) in [7, 11) is 0. The molecule has 76 valence electrons. The van der Waals surface area contributed by atoms with Crippen LogP contribution in [0.3, 0.4) is 0 Å². The van der Waals surface area contributed by atoms with Crippen LogP contribution in [0.1, 0.15) is 24.8 Å². The minimum absolute atomic E-state index is 0.503. The predicted octanol–water partition coefficient (Wildman–Crippen LogP) is 1.26. The van der Waals surface area contributed by atoms with Crippen LogP contribution >= 0.6 is 0 Å². The summed E-state index contributed by atoms with van der Waals surface area (Å²) in [6, 6.07) is 4.64. The molecule has 0 radical (unpaired) electrons. The van der Waals surface area contributed by atoms with Gasteiger partial charge in [-0.15, -0.1) is 0 Å². The van der Waals surface area contributed by atoms with Gasteiger partial charge in [0, 0.05) is 18.4 Å². The number of nitrogens with zero attached hydrogens (tertiary/aromatic N) is 1. The summed E-state index contributed by atoms with van der Waals surface area (Å²) < 4.78 is 0. The largest absolute Gasteiger partial charge is 0.271 e. The first-order valence-electron chi connectivity index (χ1n) is 5.25. The molecule has 1 atom stereocenters. The van der Waals surface area contributed by atoms with Crippen molar-refractivity contribution in [2.45, 2.75) is 31.7 Å². The molecule has 1 heterocycles. The van der Waals surface area contributed by atoms with Gasteiger partial charge in [0.1, 0.15) is 0 Å². The van der Waals surface area contributed by atoms with Gasteiger partial charge in [-0.2, -0.15) is 0 Å². The highest BCUT2D eigenvalue weighted by Gasteiger charge is 2.29. The zero-order valence-corrected chi connectivity index (χ0v) is 8.32. The summed E-state index contributed by atoms with van der Waals surface area (Å²) in [5.74, 6) is 6.34. The zero-order chi connectivity index (χ0) is 9.80. The molecule has 1 saturated carbocycles. The number of aryl methyl sites for hydroxylation is 1. The monoisotopic (exact) mass is 191 g/mol. The SMILES string of the molecule is NNC(CCc1ccncc1)C1CC1. The second kappa shape index (κ2) is 4.53. The maximum Gasteiger partial charge on any atom is 0.0270 e. The molecule has 0 aliphatic heterocycles. The lowest BCUT2D eigenvalue weighted by molar-refractivity contribution is 0.446. The van der Waals surface area contributed by atoms with Crippen LogP contribution in [0, 0.1) is 5.92 Å². The van der Waals surface area contributed by atoms with Gasteiger partial charge in [-0.25, -0.2) is 0 Å². The van der Waals surface area contributed by atoms with Gasteiger partial charge in [-0.3, -0.25) is 16.3 Å². The van der Waals surface area contributed by atoms with E-state index in [2.05, 4.69) is 22.5 Å². The van der Waals surface area contributed by atoms with Crippen LogP contribution in [-0.4, -0.2) is 11.0 Å². The second-order valence-electron chi connectivity index (χ2n) is 4.00.